The molecule has 11 heavy (non-hydrogen) atoms. The Hall–Kier alpha value is -1.18. The first kappa shape index (κ1) is 7.92. The number of rotatable bonds is 1. The number of Topliss-reactive ketones (excluding diaryl/α,β-unsaturated/α-hetero) is 1. The van der Waals surface area contributed by atoms with E-state index in [4.69, 9.17) is 0 Å². The number of hydrogen-bond acceptors (Lipinski definition) is 2. The van der Waals surface area contributed by atoms with Crippen molar-refractivity contribution in [2.45, 2.75) is 20.8 Å². The minimum absolute atomic E-state index is 0.113. The molecule has 0 bridgehead atoms. The van der Waals surface area contributed by atoms with Crippen LogP contribution >= 0.6 is 0 Å². The van der Waals surface area contributed by atoms with Gasteiger partial charge in [-0.2, -0.15) is 0 Å². The highest BCUT2D eigenvalue weighted by Crippen LogP contribution is 2.11. The topological polar surface area (TPSA) is 30.0 Å². The second kappa shape index (κ2) is 2.82. The van der Waals surface area contributed by atoms with E-state index in [1.54, 1.807) is 19.3 Å². The molecule has 0 unspecified atom stereocenters. The van der Waals surface area contributed by atoms with Crippen LogP contribution in [0.1, 0.15) is 28.4 Å². The molecule has 1 aromatic heterocycles. The van der Waals surface area contributed by atoms with Crippen LogP contribution in [0.15, 0.2) is 12.4 Å². The zero-order chi connectivity index (χ0) is 8.43. The Labute approximate surface area is 66.3 Å². The maximum Gasteiger partial charge on any atom is 0.160 e. The summed E-state index contributed by atoms with van der Waals surface area (Å²) < 4.78 is 0. The smallest absolute Gasteiger partial charge is 0.160 e. The number of aromatic nitrogens is 1. The van der Waals surface area contributed by atoms with Crippen molar-refractivity contribution in [3.8, 4) is 0 Å². The molecule has 1 heterocycles. The number of ketones is 1. The van der Waals surface area contributed by atoms with Crippen LogP contribution in [0.25, 0.3) is 0 Å². The van der Waals surface area contributed by atoms with Crippen molar-refractivity contribution < 1.29 is 4.79 Å². The maximum atomic E-state index is 11.1. The molecule has 0 amide bonds. The van der Waals surface area contributed by atoms with Crippen LogP contribution in [-0.4, -0.2) is 10.8 Å². The molecule has 0 spiro atoms. The number of hydrogen-bond donors (Lipinski definition) is 0. The predicted octanol–water partition coefficient (Wildman–Crippen LogP) is 1.90. The molecule has 58 valence electrons. The minimum Gasteiger partial charge on any atom is -0.294 e. The molecule has 1 aromatic rings. The fraction of sp³-hybridized carbons (Fsp3) is 0.333. The van der Waals surface area contributed by atoms with Gasteiger partial charge in [-0.3, -0.25) is 9.78 Å². The lowest BCUT2D eigenvalue weighted by atomic mass is 10.0. The van der Waals surface area contributed by atoms with Gasteiger partial charge < -0.3 is 0 Å². The first-order valence-electron chi connectivity index (χ1n) is 3.55. The highest BCUT2D eigenvalue weighted by Gasteiger charge is 2.05. The monoisotopic (exact) mass is 149 g/mol. The highest BCUT2D eigenvalue weighted by molar-refractivity contribution is 5.96. The number of nitrogens with zero attached hydrogens (tertiary/aromatic N) is 1. The quantitative estimate of drug-likeness (QED) is 0.571. The Morgan fingerprint density at radius 3 is 2.00 bits per heavy atom. The first-order chi connectivity index (χ1) is 5.13. The Morgan fingerprint density at radius 1 is 1.27 bits per heavy atom. The van der Waals surface area contributed by atoms with Crippen LogP contribution in [0.4, 0.5) is 0 Å². The van der Waals surface area contributed by atoms with Crippen LogP contribution in [0.3, 0.4) is 0 Å². The summed E-state index contributed by atoms with van der Waals surface area (Å²) in [6, 6.07) is 0. The van der Waals surface area contributed by atoms with E-state index in [0.29, 0.717) is 0 Å². The van der Waals surface area contributed by atoms with Crippen LogP contribution in [-0.2, 0) is 0 Å². The highest BCUT2D eigenvalue weighted by atomic mass is 16.1. The molecule has 0 atom stereocenters. The van der Waals surface area contributed by atoms with Crippen molar-refractivity contribution in [3.63, 3.8) is 0 Å². The Balaban J connectivity index is 3.32. The van der Waals surface area contributed by atoms with Crippen molar-refractivity contribution in [3.05, 3.63) is 29.1 Å². The molecule has 0 aliphatic heterocycles. The summed E-state index contributed by atoms with van der Waals surface area (Å²) >= 11 is 0. The van der Waals surface area contributed by atoms with Gasteiger partial charge in [0.1, 0.15) is 0 Å². The van der Waals surface area contributed by atoms with Crippen molar-refractivity contribution in [1.29, 1.82) is 0 Å². The van der Waals surface area contributed by atoms with E-state index in [1.807, 2.05) is 13.8 Å². The van der Waals surface area contributed by atoms with Crippen molar-refractivity contribution in [2.24, 2.45) is 0 Å². The van der Waals surface area contributed by atoms with E-state index in [-0.39, 0.29) is 5.78 Å². The zero-order valence-corrected chi connectivity index (χ0v) is 7.01. The summed E-state index contributed by atoms with van der Waals surface area (Å²) in [6.45, 7) is 5.38. The number of carbonyl (C=O) groups excluding carboxylic acids is 1. The Bertz CT molecular complexity index is 271. The molecule has 0 aromatic carbocycles. The summed E-state index contributed by atoms with van der Waals surface area (Å²) in [6.07, 6.45) is 3.42. The van der Waals surface area contributed by atoms with Gasteiger partial charge in [0.25, 0.3) is 0 Å². The van der Waals surface area contributed by atoms with Crippen LogP contribution in [0.2, 0.25) is 0 Å². The van der Waals surface area contributed by atoms with Gasteiger partial charge in [-0.15, -0.1) is 0 Å². The summed E-state index contributed by atoms with van der Waals surface area (Å²) in [4.78, 5) is 15.0. The molecule has 1 rings (SSSR count). The van der Waals surface area contributed by atoms with Gasteiger partial charge in [0.05, 0.1) is 0 Å². The van der Waals surface area contributed by atoms with Gasteiger partial charge in [-0.1, -0.05) is 0 Å². The number of pyridine rings is 1. The molecule has 0 saturated heterocycles. The normalized spacial score (nSPS) is 9.73. The second-order valence-corrected chi connectivity index (χ2v) is 2.70. The Morgan fingerprint density at radius 2 is 1.73 bits per heavy atom. The van der Waals surface area contributed by atoms with E-state index in [2.05, 4.69) is 4.98 Å². The summed E-state index contributed by atoms with van der Waals surface area (Å²) in [5, 5.41) is 0. The van der Waals surface area contributed by atoms with Crippen LogP contribution in [0.5, 0.6) is 0 Å². The van der Waals surface area contributed by atoms with E-state index in [0.717, 1.165) is 16.7 Å². The maximum absolute atomic E-state index is 11.1. The average Bonchev–Trinajstić information content (AvgIpc) is 1.85. The standard InChI is InChI=1S/C9H11NO/c1-6-4-10-5-7(2)9(6)8(3)11/h4-5H,1-3H3. The first-order valence-corrected chi connectivity index (χ1v) is 3.55. The van der Waals surface area contributed by atoms with Crippen molar-refractivity contribution in [2.75, 3.05) is 0 Å². The SMILES string of the molecule is CC(=O)c1c(C)cncc1C. The molecular formula is C9H11NO. The second-order valence-electron chi connectivity index (χ2n) is 2.70. The van der Waals surface area contributed by atoms with Crippen LogP contribution in [0, 0.1) is 13.8 Å². The largest absolute Gasteiger partial charge is 0.294 e. The summed E-state index contributed by atoms with van der Waals surface area (Å²) in [7, 11) is 0. The zero-order valence-electron chi connectivity index (χ0n) is 7.01. The lowest BCUT2D eigenvalue weighted by Crippen LogP contribution is -2.00. The Kier molecular flexibility index (Phi) is 2.03. The van der Waals surface area contributed by atoms with Gasteiger partial charge in [0.2, 0.25) is 0 Å². The van der Waals surface area contributed by atoms with E-state index >= 15 is 0 Å². The third kappa shape index (κ3) is 1.45. The molecule has 0 radical (unpaired) electrons. The fourth-order valence-electron chi connectivity index (χ4n) is 1.26. The minimum atomic E-state index is 0.113. The number of aryl methyl sites for hydroxylation is 2. The van der Waals surface area contributed by atoms with Crippen molar-refractivity contribution >= 4 is 5.78 Å². The molecular weight excluding hydrogens is 138 g/mol. The molecule has 0 fully saturated rings. The lowest BCUT2D eigenvalue weighted by Gasteiger charge is -2.03. The van der Waals surface area contributed by atoms with Crippen molar-refractivity contribution in [1.82, 2.24) is 4.98 Å². The van der Waals surface area contributed by atoms with Crippen LogP contribution < -0.4 is 0 Å². The van der Waals surface area contributed by atoms with E-state index in [1.165, 1.54) is 0 Å². The van der Waals surface area contributed by atoms with Gasteiger partial charge in [-0.25, -0.2) is 0 Å². The van der Waals surface area contributed by atoms with Gasteiger partial charge >= 0.3 is 0 Å². The fourth-order valence-corrected chi connectivity index (χ4v) is 1.26. The molecule has 0 aliphatic rings. The average molecular weight is 149 g/mol. The summed E-state index contributed by atoms with van der Waals surface area (Å²) in [5.41, 5.74) is 2.72. The third-order valence-corrected chi connectivity index (χ3v) is 1.68. The number of carbonyl (C=O) groups is 1. The molecule has 0 aliphatic carbocycles. The molecule has 0 N–H and O–H groups in total. The third-order valence-electron chi connectivity index (χ3n) is 1.68. The predicted molar refractivity (Wildman–Crippen MR) is 43.7 cm³/mol. The van der Waals surface area contributed by atoms with Gasteiger partial charge in [0.15, 0.2) is 5.78 Å². The molecule has 0 saturated carbocycles. The van der Waals surface area contributed by atoms with E-state index in [9.17, 15) is 4.79 Å². The molecule has 2 heteroatoms. The molecule has 2 nitrogen and oxygen atoms in total. The summed E-state index contributed by atoms with van der Waals surface area (Å²) in [5.74, 6) is 0.113. The van der Waals surface area contributed by atoms with Gasteiger partial charge in [-0.05, 0) is 31.9 Å². The lowest BCUT2D eigenvalue weighted by molar-refractivity contribution is 0.101. The van der Waals surface area contributed by atoms with E-state index < -0.39 is 0 Å². The van der Waals surface area contributed by atoms with Gasteiger partial charge in [0, 0.05) is 18.0 Å².